The third-order valence-corrected chi connectivity index (χ3v) is 9.29. The lowest BCUT2D eigenvalue weighted by atomic mass is 10.1. The normalized spacial score (nSPS) is 13.3. The lowest BCUT2D eigenvalue weighted by Gasteiger charge is -2.31. The van der Waals surface area contributed by atoms with Crippen LogP contribution in [0.2, 0.25) is 0 Å². The Labute approximate surface area is 319 Å². The SMILES string of the molecule is CCCCCCCC/C=C/C/C=C/C/C=C/CCCC(=O)OCC(COCCC(C(=O)O)[N+](C)(C)C)OC(=O)CCCCCCCCCCCCC. The van der Waals surface area contributed by atoms with Crippen LogP contribution >= 0.6 is 0 Å². The molecule has 0 amide bonds. The van der Waals surface area contributed by atoms with Crippen molar-refractivity contribution in [1.82, 2.24) is 0 Å². The highest BCUT2D eigenvalue weighted by atomic mass is 16.6. The van der Waals surface area contributed by atoms with E-state index >= 15 is 0 Å². The van der Waals surface area contributed by atoms with E-state index < -0.39 is 18.1 Å². The number of ether oxygens (including phenoxy) is 3. The number of carbonyl (C=O) groups excluding carboxylic acids is 2. The standard InChI is InChI=1S/C44H79NO7/c1-6-8-10-12-14-16-18-19-20-21-22-23-25-26-28-30-32-34-42(46)51-39-40(38-50-37-36-41(44(48)49)45(3,4)5)52-43(47)35-33-31-29-27-24-17-15-13-11-9-7-2/h19-20,22-23,26,28,40-41H,6-18,21,24-25,27,29-39H2,1-5H3/p+1/b20-19+,23-22+,28-26+. The van der Waals surface area contributed by atoms with Crippen molar-refractivity contribution in [2.45, 2.75) is 187 Å². The van der Waals surface area contributed by atoms with Gasteiger partial charge in [0.2, 0.25) is 0 Å². The fraction of sp³-hybridized carbons (Fsp3) is 0.795. The van der Waals surface area contributed by atoms with E-state index in [0.717, 1.165) is 38.5 Å². The zero-order chi connectivity index (χ0) is 38.5. The lowest BCUT2D eigenvalue weighted by Crippen LogP contribution is -2.50. The van der Waals surface area contributed by atoms with Gasteiger partial charge >= 0.3 is 17.9 Å². The summed E-state index contributed by atoms with van der Waals surface area (Å²) >= 11 is 0. The smallest absolute Gasteiger partial charge is 0.362 e. The minimum Gasteiger partial charge on any atom is -0.477 e. The molecule has 1 N–H and O–H groups in total. The van der Waals surface area contributed by atoms with Gasteiger partial charge in [0.1, 0.15) is 6.61 Å². The quantitative estimate of drug-likeness (QED) is 0.0293. The fourth-order valence-electron chi connectivity index (χ4n) is 5.99. The maximum Gasteiger partial charge on any atom is 0.362 e. The Morgan fingerprint density at radius 3 is 1.56 bits per heavy atom. The first-order chi connectivity index (χ1) is 25.1. The Balaban J connectivity index is 4.43. The van der Waals surface area contributed by atoms with Gasteiger partial charge < -0.3 is 23.8 Å². The molecule has 52 heavy (non-hydrogen) atoms. The number of hydrogen-bond acceptors (Lipinski definition) is 6. The second-order valence-electron chi connectivity index (χ2n) is 15.2. The number of aliphatic carboxylic acids is 1. The summed E-state index contributed by atoms with van der Waals surface area (Å²) in [5, 5.41) is 9.59. The highest BCUT2D eigenvalue weighted by Gasteiger charge is 2.31. The Hall–Kier alpha value is -2.45. The monoisotopic (exact) mass is 735 g/mol. The molecule has 0 fully saturated rings. The minimum atomic E-state index is -0.881. The molecule has 0 radical (unpaired) electrons. The molecule has 8 nitrogen and oxygen atoms in total. The van der Waals surface area contributed by atoms with Crippen molar-refractivity contribution >= 4 is 17.9 Å². The van der Waals surface area contributed by atoms with Crippen LogP contribution in [0.3, 0.4) is 0 Å². The molecular weight excluding hydrogens is 654 g/mol. The largest absolute Gasteiger partial charge is 0.477 e. The second-order valence-corrected chi connectivity index (χ2v) is 15.2. The van der Waals surface area contributed by atoms with E-state index in [4.69, 9.17) is 14.2 Å². The topological polar surface area (TPSA) is 99.1 Å². The van der Waals surface area contributed by atoms with E-state index in [2.05, 4.69) is 50.3 Å². The third kappa shape index (κ3) is 33.4. The number of hydrogen-bond donors (Lipinski definition) is 1. The molecule has 0 aromatic heterocycles. The Kier molecular flexibility index (Phi) is 33.9. The number of carboxylic acids is 1. The van der Waals surface area contributed by atoms with Gasteiger partial charge in [0.05, 0.1) is 34.4 Å². The summed E-state index contributed by atoms with van der Waals surface area (Å²) in [6.45, 7) is 4.66. The fourth-order valence-corrected chi connectivity index (χ4v) is 5.99. The summed E-state index contributed by atoms with van der Waals surface area (Å²) in [6, 6.07) is -0.619. The molecule has 0 aromatic carbocycles. The average Bonchev–Trinajstić information content (AvgIpc) is 3.09. The highest BCUT2D eigenvalue weighted by molar-refractivity contribution is 5.72. The summed E-state index contributed by atoms with van der Waals surface area (Å²) in [7, 11) is 5.51. The van der Waals surface area contributed by atoms with Gasteiger partial charge in [-0.2, -0.15) is 0 Å². The summed E-state index contributed by atoms with van der Waals surface area (Å²) in [5.74, 6) is -1.53. The lowest BCUT2D eigenvalue weighted by molar-refractivity contribution is -0.887. The van der Waals surface area contributed by atoms with Gasteiger partial charge in [0, 0.05) is 19.3 Å². The third-order valence-electron chi connectivity index (χ3n) is 9.29. The summed E-state index contributed by atoms with van der Waals surface area (Å²) in [6.07, 6.45) is 39.1. The molecule has 0 aliphatic carbocycles. The molecule has 0 bridgehead atoms. The van der Waals surface area contributed by atoms with Crippen LogP contribution in [-0.2, 0) is 28.6 Å². The van der Waals surface area contributed by atoms with Crippen LogP contribution in [0.4, 0.5) is 0 Å². The number of esters is 2. The number of carboxylic acid groups (broad SMARTS) is 1. The number of nitrogens with zero attached hydrogens (tertiary/aromatic N) is 1. The Morgan fingerprint density at radius 1 is 0.577 bits per heavy atom. The van der Waals surface area contributed by atoms with Crippen LogP contribution in [0.25, 0.3) is 0 Å². The predicted octanol–water partition coefficient (Wildman–Crippen LogP) is 11.1. The zero-order valence-corrected chi connectivity index (χ0v) is 34.3. The number of quaternary nitrogens is 1. The number of carbonyl (C=O) groups is 3. The van der Waals surface area contributed by atoms with E-state index in [0.29, 0.717) is 19.3 Å². The molecular formula is C44H80NO7+. The van der Waals surface area contributed by atoms with Crippen LogP contribution in [-0.4, -0.2) is 80.6 Å². The van der Waals surface area contributed by atoms with E-state index in [9.17, 15) is 19.5 Å². The first-order valence-electron chi connectivity index (χ1n) is 21.0. The molecule has 0 aliphatic rings. The van der Waals surface area contributed by atoms with E-state index in [1.807, 2.05) is 21.1 Å². The van der Waals surface area contributed by atoms with Crippen molar-refractivity contribution in [2.75, 3.05) is 41.0 Å². The first-order valence-corrected chi connectivity index (χ1v) is 21.0. The van der Waals surface area contributed by atoms with Crippen molar-refractivity contribution in [3.63, 3.8) is 0 Å². The molecule has 0 aliphatic heterocycles. The number of likely N-dealkylation sites (N-methyl/N-ethyl adjacent to an activating group) is 1. The maximum absolute atomic E-state index is 12.7. The summed E-state index contributed by atoms with van der Waals surface area (Å²) in [5.41, 5.74) is 0. The maximum atomic E-state index is 12.7. The predicted molar refractivity (Wildman–Crippen MR) is 215 cm³/mol. The summed E-state index contributed by atoms with van der Waals surface area (Å²) in [4.78, 5) is 36.8. The van der Waals surface area contributed by atoms with Crippen molar-refractivity contribution in [3.8, 4) is 0 Å². The van der Waals surface area contributed by atoms with Crippen LogP contribution in [0.1, 0.15) is 174 Å². The van der Waals surface area contributed by atoms with Gasteiger partial charge in [-0.15, -0.1) is 0 Å². The van der Waals surface area contributed by atoms with Crippen molar-refractivity contribution in [1.29, 1.82) is 0 Å². The van der Waals surface area contributed by atoms with Gasteiger partial charge in [-0.05, 0) is 44.9 Å². The second kappa shape index (κ2) is 35.6. The van der Waals surface area contributed by atoms with Crippen molar-refractivity contribution in [3.05, 3.63) is 36.5 Å². The number of unbranched alkanes of at least 4 members (excludes halogenated alkanes) is 17. The zero-order valence-electron chi connectivity index (χ0n) is 34.3. The first kappa shape index (κ1) is 49.6. The van der Waals surface area contributed by atoms with Gasteiger partial charge in [-0.3, -0.25) is 9.59 Å². The van der Waals surface area contributed by atoms with Crippen molar-refractivity contribution in [2.24, 2.45) is 0 Å². The molecule has 0 saturated heterocycles. The van der Waals surface area contributed by atoms with Crippen LogP contribution in [0.15, 0.2) is 36.5 Å². The molecule has 0 saturated carbocycles. The molecule has 302 valence electrons. The van der Waals surface area contributed by atoms with Crippen LogP contribution in [0, 0.1) is 0 Å². The Morgan fingerprint density at radius 2 is 1.04 bits per heavy atom. The van der Waals surface area contributed by atoms with E-state index in [1.54, 1.807) is 0 Å². The molecule has 0 rings (SSSR count). The van der Waals surface area contributed by atoms with Crippen LogP contribution in [0.5, 0.6) is 0 Å². The number of allylic oxidation sites excluding steroid dienone is 6. The summed E-state index contributed by atoms with van der Waals surface area (Å²) < 4.78 is 17.2. The van der Waals surface area contributed by atoms with E-state index in [1.165, 1.54) is 96.3 Å². The molecule has 0 spiro atoms. The minimum absolute atomic E-state index is 0.0475. The molecule has 8 heteroatoms. The van der Waals surface area contributed by atoms with Gasteiger partial charge in [-0.1, -0.05) is 147 Å². The molecule has 2 atom stereocenters. The van der Waals surface area contributed by atoms with Crippen molar-refractivity contribution < 1.29 is 38.2 Å². The van der Waals surface area contributed by atoms with Gasteiger partial charge in [0.25, 0.3) is 0 Å². The van der Waals surface area contributed by atoms with Gasteiger partial charge in [-0.25, -0.2) is 4.79 Å². The van der Waals surface area contributed by atoms with Crippen LogP contribution < -0.4 is 0 Å². The highest BCUT2D eigenvalue weighted by Crippen LogP contribution is 2.14. The molecule has 0 heterocycles. The molecule has 0 aromatic rings. The van der Waals surface area contributed by atoms with Gasteiger partial charge in [0.15, 0.2) is 12.1 Å². The molecule has 2 unspecified atom stereocenters. The number of rotatable bonds is 37. The van der Waals surface area contributed by atoms with E-state index in [-0.39, 0.29) is 42.7 Å². The average molecular weight is 735 g/mol. The Bertz CT molecular complexity index is 953.